The number of aryl methyl sites for hydroxylation is 3. The van der Waals surface area contributed by atoms with Gasteiger partial charge in [-0.25, -0.2) is 9.67 Å². The monoisotopic (exact) mass is 585 g/mol. The van der Waals surface area contributed by atoms with Gasteiger partial charge in [0.15, 0.2) is 5.16 Å². The van der Waals surface area contributed by atoms with Gasteiger partial charge in [0.25, 0.3) is 11.1 Å². The molecule has 10 heteroatoms. The third kappa shape index (κ3) is 4.74. The first kappa shape index (κ1) is 27.3. The molecule has 0 fully saturated rings. The molecule has 6 rings (SSSR count). The Morgan fingerprint density at radius 1 is 1.00 bits per heavy atom. The van der Waals surface area contributed by atoms with Crippen LogP contribution in [0.3, 0.4) is 0 Å². The zero-order valence-electron chi connectivity index (χ0n) is 23.4. The maximum atomic E-state index is 14.1. The van der Waals surface area contributed by atoms with Gasteiger partial charge in [-0.3, -0.25) is 23.6 Å². The van der Waals surface area contributed by atoms with Gasteiger partial charge in [0.05, 0.1) is 27.7 Å². The molecule has 0 bridgehead atoms. The number of carbonyl (C=O) groups excluding carboxylic acids is 1. The molecule has 1 N–H and O–H groups in total. The van der Waals surface area contributed by atoms with Crippen LogP contribution in [0.15, 0.2) is 69.3 Å². The fourth-order valence-electron chi connectivity index (χ4n) is 5.44. The number of thiophene rings is 1. The van der Waals surface area contributed by atoms with E-state index >= 15 is 0 Å². The second-order valence-corrected chi connectivity index (χ2v) is 12.8. The molecule has 5 aromatic rings. The smallest absolute Gasteiger partial charge is 0.295 e. The molecular formula is C31H31N5O3S2. The van der Waals surface area contributed by atoms with Crippen molar-refractivity contribution in [2.45, 2.75) is 56.9 Å². The van der Waals surface area contributed by atoms with Crippen LogP contribution in [0.2, 0.25) is 0 Å². The molecule has 1 aliphatic rings. The van der Waals surface area contributed by atoms with Crippen molar-refractivity contribution >= 4 is 44.9 Å². The number of nitrogens with zero attached hydrogens (tertiary/aromatic N) is 4. The van der Waals surface area contributed by atoms with Gasteiger partial charge in [0.1, 0.15) is 10.5 Å². The van der Waals surface area contributed by atoms with Crippen molar-refractivity contribution in [3.8, 4) is 11.4 Å². The number of hydrogen-bond acceptors (Lipinski definition) is 6. The summed E-state index contributed by atoms with van der Waals surface area (Å²) in [6.45, 7) is 5.54. The number of fused-ring (bicyclic) bond motifs is 3. The van der Waals surface area contributed by atoms with Gasteiger partial charge in [0, 0.05) is 11.9 Å². The highest BCUT2D eigenvalue weighted by Gasteiger charge is 2.27. The van der Waals surface area contributed by atoms with Gasteiger partial charge < -0.3 is 5.32 Å². The fraction of sp³-hybridized carbons (Fsp3) is 0.290. The minimum atomic E-state index is -0.631. The SMILES string of the molecule is Cc1ccccc1-n1c(SC(C)C(=O)Nc2c(C)n(C)n(-c3ccccc3)c2=O)nc2sc3c(c2c1=O)CCCC3. The third-order valence-corrected chi connectivity index (χ3v) is 10.0. The van der Waals surface area contributed by atoms with Gasteiger partial charge in [-0.15, -0.1) is 11.3 Å². The third-order valence-electron chi connectivity index (χ3n) is 7.77. The zero-order valence-corrected chi connectivity index (χ0v) is 25.1. The van der Waals surface area contributed by atoms with Crippen molar-refractivity contribution in [3.05, 3.63) is 97.0 Å². The summed E-state index contributed by atoms with van der Waals surface area (Å²) in [4.78, 5) is 47.9. The number of carbonyl (C=O) groups is 1. The van der Waals surface area contributed by atoms with Gasteiger partial charge in [-0.1, -0.05) is 48.2 Å². The molecule has 0 aliphatic heterocycles. The van der Waals surface area contributed by atoms with Crippen molar-refractivity contribution < 1.29 is 4.79 Å². The average Bonchev–Trinajstić information content (AvgIpc) is 3.44. The first-order valence-corrected chi connectivity index (χ1v) is 15.4. The molecule has 0 saturated heterocycles. The van der Waals surface area contributed by atoms with Crippen molar-refractivity contribution in [3.63, 3.8) is 0 Å². The molecule has 3 aromatic heterocycles. The molecule has 1 aliphatic carbocycles. The summed E-state index contributed by atoms with van der Waals surface area (Å²) < 4.78 is 4.92. The van der Waals surface area contributed by atoms with Crippen LogP contribution < -0.4 is 16.4 Å². The lowest BCUT2D eigenvalue weighted by Crippen LogP contribution is -2.29. The van der Waals surface area contributed by atoms with Crippen molar-refractivity contribution in [2.24, 2.45) is 7.05 Å². The molecule has 1 atom stereocenters. The Morgan fingerprint density at radius 2 is 1.71 bits per heavy atom. The fourth-order valence-corrected chi connectivity index (χ4v) is 7.66. The van der Waals surface area contributed by atoms with Crippen LogP contribution in [-0.4, -0.2) is 30.1 Å². The average molecular weight is 586 g/mol. The lowest BCUT2D eigenvalue weighted by molar-refractivity contribution is -0.115. The second kappa shape index (κ2) is 10.8. The Bertz CT molecular complexity index is 1920. The Labute approximate surface area is 245 Å². The Balaban J connectivity index is 1.38. The van der Waals surface area contributed by atoms with E-state index in [0.717, 1.165) is 47.3 Å². The van der Waals surface area contributed by atoms with Crippen LogP contribution in [0, 0.1) is 13.8 Å². The summed E-state index contributed by atoms with van der Waals surface area (Å²) in [5.74, 6) is -0.336. The predicted molar refractivity (Wildman–Crippen MR) is 166 cm³/mol. The van der Waals surface area contributed by atoms with Crippen LogP contribution in [0.5, 0.6) is 0 Å². The number of anilines is 1. The van der Waals surface area contributed by atoms with E-state index < -0.39 is 5.25 Å². The minimum Gasteiger partial charge on any atom is -0.319 e. The van der Waals surface area contributed by atoms with Crippen LogP contribution in [-0.2, 0) is 24.7 Å². The minimum absolute atomic E-state index is 0.0940. The zero-order chi connectivity index (χ0) is 28.8. The first-order valence-electron chi connectivity index (χ1n) is 13.7. The Kier molecular flexibility index (Phi) is 7.21. The van der Waals surface area contributed by atoms with Crippen molar-refractivity contribution in [1.82, 2.24) is 18.9 Å². The highest BCUT2D eigenvalue weighted by molar-refractivity contribution is 8.00. The summed E-state index contributed by atoms with van der Waals surface area (Å²) in [6, 6.07) is 17.0. The quantitative estimate of drug-likeness (QED) is 0.208. The molecule has 1 unspecified atom stereocenters. The number of aromatic nitrogens is 4. The predicted octanol–water partition coefficient (Wildman–Crippen LogP) is 5.55. The lowest BCUT2D eigenvalue weighted by atomic mass is 9.97. The van der Waals surface area contributed by atoms with Crippen molar-refractivity contribution in [1.29, 1.82) is 0 Å². The first-order chi connectivity index (χ1) is 19.8. The van der Waals surface area contributed by atoms with Gasteiger partial charge >= 0.3 is 0 Å². The summed E-state index contributed by atoms with van der Waals surface area (Å²) in [6.07, 6.45) is 4.05. The molecule has 1 amide bonds. The largest absolute Gasteiger partial charge is 0.319 e. The van der Waals surface area contributed by atoms with Gasteiger partial charge in [-0.05, 0) is 75.8 Å². The molecule has 41 heavy (non-hydrogen) atoms. The maximum absolute atomic E-state index is 14.1. The molecule has 210 valence electrons. The second-order valence-electron chi connectivity index (χ2n) is 10.4. The lowest BCUT2D eigenvalue weighted by Gasteiger charge is -2.17. The number of hydrogen-bond donors (Lipinski definition) is 1. The van der Waals surface area contributed by atoms with E-state index in [1.807, 2.05) is 61.5 Å². The number of benzene rings is 2. The number of rotatable bonds is 6. The van der Waals surface area contributed by atoms with E-state index in [0.29, 0.717) is 21.9 Å². The molecule has 0 spiro atoms. The summed E-state index contributed by atoms with van der Waals surface area (Å²) in [5.41, 5.74) is 4.02. The van der Waals surface area contributed by atoms with E-state index in [-0.39, 0.29) is 22.7 Å². The summed E-state index contributed by atoms with van der Waals surface area (Å²) in [5, 5.41) is 3.40. The van der Waals surface area contributed by atoms with Gasteiger partial charge in [-0.2, -0.15) is 0 Å². The summed E-state index contributed by atoms with van der Waals surface area (Å²) >= 11 is 2.82. The molecule has 2 aromatic carbocycles. The van der Waals surface area contributed by atoms with Crippen LogP contribution in [0.25, 0.3) is 21.6 Å². The standard InChI is InChI=1S/C31H31N5O3S2/c1-18-12-8-10-16-23(18)35-29(38)25-22-15-9-11-17-24(22)41-28(25)33-31(35)40-20(3)27(37)32-26-19(2)34(4)36(30(26)39)21-13-6-5-7-14-21/h5-8,10,12-14,16,20H,9,11,15,17H2,1-4H3,(H,32,37). The molecule has 8 nitrogen and oxygen atoms in total. The maximum Gasteiger partial charge on any atom is 0.295 e. The van der Waals surface area contributed by atoms with E-state index in [9.17, 15) is 14.4 Å². The summed E-state index contributed by atoms with van der Waals surface area (Å²) in [7, 11) is 1.79. The van der Waals surface area contributed by atoms with Crippen LogP contribution in [0.4, 0.5) is 5.69 Å². The van der Waals surface area contributed by atoms with Gasteiger partial charge in [0.2, 0.25) is 5.91 Å². The molecule has 0 saturated carbocycles. The van der Waals surface area contributed by atoms with Crippen LogP contribution >= 0.6 is 23.1 Å². The number of para-hydroxylation sites is 2. The number of thioether (sulfide) groups is 1. The molecular weight excluding hydrogens is 555 g/mol. The number of amides is 1. The van der Waals surface area contributed by atoms with Crippen LogP contribution in [0.1, 0.15) is 41.5 Å². The molecule has 0 radical (unpaired) electrons. The van der Waals surface area contributed by atoms with Crippen molar-refractivity contribution in [2.75, 3.05) is 5.32 Å². The van der Waals surface area contributed by atoms with E-state index in [1.54, 1.807) is 41.5 Å². The normalized spacial score (nSPS) is 13.8. The molecule has 3 heterocycles. The highest BCUT2D eigenvalue weighted by atomic mass is 32.2. The van der Waals surface area contributed by atoms with E-state index in [4.69, 9.17) is 4.98 Å². The number of nitrogens with one attached hydrogen (secondary N) is 1. The highest BCUT2D eigenvalue weighted by Crippen LogP contribution is 2.36. The Morgan fingerprint density at radius 3 is 2.46 bits per heavy atom. The van der Waals surface area contributed by atoms with E-state index in [1.165, 1.54) is 21.3 Å². The van der Waals surface area contributed by atoms with E-state index in [2.05, 4.69) is 5.32 Å². The Hall–Kier alpha value is -3.89. The topological polar surface area (TPSA) is 90.9 Å².